The molecule has 3 rings (SSSR count). The number of sulfone groups is 1. The van der Waals surface area contributed by atoms with Gasteiger partial charge in [0.1, 0.15) is 11.5 Å². The number of hydrogen-bond donors (Lipinski definition) is 1. The Morgan fingerprint density at radius 1 is 1.07 bits per heavy atom. The summed E-state index contributed by atoms with van der Waals surface area (Å²) in [6.45, 7) is 1.92. The Morgan fingerprint density at radius 2 is 1.69 bits per heavy atom. The van der Waals surface area contributed by atoms with Gasteiger partial charge in [-0.05, 0) is 24.6 Å². The molecule has 10 heteroatoms. The van der Waals surface area contributed by atoms with E-state index in [2.05, 4.69) is 14.7 Å². The first-order valence-electron chi connectivity index (χ1n) is 8.47. The maximum Gasteiger partial charge on any atom is 0.261 e. The normalized spacial score (nSPS) is 11.1. The van der Waals surface area contributed by atoms with Crippen molar-refractivity contribution in [3.8, 4) is 11.5 Å². The minimum absolute atomic E-state index is 0.0827. The van der Waals surface area contributed by atoms with Gasteiger partial charge in [-0.25, -0.2) is 8.42 Å². The lowest BCUT2D eigenvalue weighted by Crippen LogP contribution is -2.13. The number of hydrogen-bond acceptors (Lipinski definition) is 8. The van der Waals surface area contributed by atoms with Crippen LogP contribution in [0.25, 0.3) is 0 Å². The Hall–Kier alpha value is -2.98. The summed E-state index contributed by atoms with van der Waals surface area (Å²) >= 11 is 0.798. The first kappa shape index (κ1) is 20.7. The largest absolute Gasteiger partial charge is 0.497 e. The van der Waals surface area contributed by atoms with Crippen molar-refractivity contribution in [2.45, 2.75) is 17.8 Å². The first-order valence-corrected chi connectivity index (χ1v) is 10.9. The summed E-state index contributed by atoms with van der Waals surface area (Å²) in [7, 11) is -0.773. The second-order valence-corrected chi connectivity index (χ2v) is 8.82. The minimum Gasteiger partial charge on any atom is -0.497 e. The number of benzene rings is 2. The first-order chi connectivity index (χ1) is 13.8. The molecule has 1 amide bonds. The van der Waals surface area contributed by atoms with Crippen LogP contribution in [0.5, 0.6) is 11.5 Å². The summed E-state index contributed by atoms with van der Waals surface area (Å²) in [6.07, 6.45) is 0. The molecular formula is C19H19N3O5S2. The van der Waals surface area contributed by atoms with E-state index in [0.717, 1.165) is 17.1 Å². The summed E-state index contributed by atoms with van der Waals surface area (Å²) in [5, 5.41) is 2.32. The van der Waals surface area contributed by atoms with Gasteiger partial charge in [0.25, 0.3) is 11.1 Å². The van der Waals surface area contributed by atoms with Crippen LogP contribution in [0.15, 0.2) is 47.6 Å². The van der Waals surface area contributed by atoms with Crippen molar-refractivity contribution in [3.05, 3.63) is 59.2 Å². The Balaban J connectivity index is 1.76. The molecule has 1 N–H and O–H groups in total. The van der Waals surface area contributed by atoms with Crippen molar-refractivity contribution in [2.75, 3.05) is 19.5 Å². The number of nitrogens with one attached hydrogen (secondary N) is 1. The third kappa shape index (κ3) is 5.09. The van der Waals surface area contributed by atoms with E-state index >= 15 is 0 Å². The van der Waals surface area contributed by atoms with E-state index < -0.39 is 15.7 Å². The molecule has 0 aliphatic carbocycles. The number of anilines is 1. The predicted octanol–water partition coefficient (Wildman–Crippen LogP) is 3.09. The zero-order valence-electron chi connectivity index (χ0n) is 16.0. The lowest BCUT2D eigenvalue weighted by Gasteiger charge is -2.07. The molecule has 0 unspecified atom stereocenters. The maximum atomic E-state index is 12.6. The highest BCUT2D eigenvalue weighted by molar-refractivity contribution is 7.90. The van der Waals surface area contributed by atoms with Crippen LogP contribution in [0, 0.1) is 6.92 Å². The summed E-state index contributed by atoms with van der Waals surface area (Å²) in [5.41, 5.74) is 1.96. The van der Waals surface area contributed by atoms with Gasteiger partial charge in [-0.15, -0.1) is 0 Å². The third-order valence-electron chi connectivity index (χ3n) is 4.00. The van der Waals surface area contributed by atoms with Gasteiger partial charge in [0.2, 0.25) is 15.0 Å². The van der Waals surface area contributed by atoms with E-state index in [4.69, 9.17) is 9.47 Å². The van der Waals surface area contributed by atoms with Gasteiger partial charge in [0, 0.05) is 23.2 Å². The number of methoxy groups -OCH3 is 2. The highest BCUT2D eigenvalue weighted by Crippen LogP contribution is 2.24. The lowest BCUT2D eigenvalue weighted by atomic mass is 10.2. The predicted molar refractivity (Wildman–Crippen MR) is 109 cm³/mol. The van der Waals surface area contributed by atoms with E-state index in [1.807, 2.05) is 19.1 Å². The zero-order valence-corrected chi connectivity index (χ0v) is 17.6. The van der Waals surface area contributed by atoms with Gasteiger partial charge in [-0.1, -0.05) is 29.8 Å². The third-order valence-corrected chi connectivity index (χ3v) is 6.20. The van der Waals surface area contributed by atoms with Crippen molar-refractivity contribution in [1.82, 2.24) is 9.36 Å². The molecule has 0 aliphatic rings. The van der Waals surface area contributed by atoms with Crippen molar-refractivity contribution in [2.24, 2.45) is 0 Å². The number of ether oxygens (including phenoxy) is 2. The van der Waals surface area contributed by atoms with Crippen molar-refractivity contribution in [3.63, 3.8) is 0 Å². The monoisotopic (exact) mass is 433 g/mol. The van der Waals surface area contributed by atoms with Gasteiger partial charge in [-0.3, -0.25) is 10.1 Å². The van der Waals surface area contributed by atoms with Crippen LogP contribution in [0.2, 0.25) is 0 Å². The molecule has 152 valence electrons. The number of aromatic nitrogens is 2. The Morgan fingerprint density at radius 3 is 2.28 bits per heavy atom. The zero-order chi connectivity index (χ0) is 21.0. The molecule has 0 aliphatic heterocycles. The number of nitrogens with zero attached hydrogens (tertiary/aromatic N) is 2. The van der Waals surface area contributed by atoms with E-state index in [9.17, 15) is 13.2 Å². The smallest absolute Gasteiger partial charge is 0.261 e. The fourth-order valence-corrected chi connectivity index (χ4v) is 4.55. The fourth-order valence-electron chi connectivity index (χ4n) is 2.46. The SMILES string of the molecule is COc1cc(OC)cc(C(=O)Nc2nc(S(=O)(=O)Cc3ccc(C)cc3)ns2)c1. The number of amides is 1. The van der Waals surface area contributed by atoms with Crippen LogP contribution in [0.3, 0.4) is 0 Å². The van der Waals surface area contributed by atoms with Crippen molar-refractivity contribution >= 4 is 32.4 Å². The van der Waals surface area contributed by atoms with E-state index in [1.165, 1.54) is 26.4 Å². The molecule has 0 spiro atoms. The molecule has 3 aromatic rings. The van der Waals surface area contributed by atoms with Crippen LogP contribution in [0.4, 0.5) is 5.13 Å². The maximum absolute atomic E-state index is 12.6. The van der Waals surface area contributed by atoms with Crippen LogP contribution >= 0.6 is 11.5 Å². The second kappa shape index (κ2) is 8.58. The minimum atomic E-state index is -3.73. The van der Waals surface area contributed by atoms with E-state index in [-0.39, 0.29) is 21.6 Å². The molecule has 0 saturated carbocycles. The molecular weight excluding hydrogens is 414 g/mol. The quantitative estimate of drug-likeness (QED) is 0.610. The Kier molecular flexibility index (Phi) is 6.14. The highest BCUT2D eigenvalue weighted by atomic mass is 32.2. The van der Waals surface area contributed by atoms with Gasteiger partial charge in [0.05, 0.1) is 20.0 Å². The van der Waals surface area contributed by atoms with Crippen LogP contribution in [-0.4, -0.2) is 37.9 Å². The second-order valence-electron chi connectivity index (χ2n) is 6.18. The fraction of sp³-hybridized carbons (Fsp3) is 0.211. The van der Waals surface area contributed by atoms with Crippen LogP contribution in [0.1, 0.15) is 21.5 Å². The molecule has 29 heavy (non-hydrogen) atoms. The van der Waals surface area contributed by atoms with Gasteiger partial charge < -0.3 is 9.47 Å². The molecule has 8 nitrogen and oxygen atoms in total. The van der Waals surface area contributed by atoms with E-state index in [0.29, 0.717) is 17.1 Å². The Labute approximate surface area is 172 Å². The standard InChI is InChI=1S/C19H19N3O5S2/c1-12-4-6-13(7-5-12)11-29(24,25)19-21-18(28-22-19)20-17(23)14-8-15(26-2)10-16(9-14)27-3/h4-10H,11H2,1-3H3,(H,20,21,22,23). The lowest BCUT2D eigenvalue weighted by molar-refractivity contribution is 0.102. The summed E-state index contributed by atoms with van der Waals surface area (Å²) in [4.78, 5) is 16.5. The molecule has 0 bridgehead atoms. The summed E-state index contributed by atoms with van der Waals surface area (Å²) in [6, 6.07) is 11.9. The molecule has 0 radical (unpaired) electrons. The molecule has 2 aromatic carbocycles. The van der Waals surface area contributed by atoms with Crippen LogP contribution < -0.4 is 14.8 Å². The average Bonchev–Trinajstić information content (AvgIpc) is 3.18. The molecule has 0 saturated heterocycles. The van der Waals surface area contributed by atoms with E-state index in [1.54, 1.807) is 18.2 Å². The van der Waals surface area contributed by atoms with Crippen molar-refractivity contribution < 1.29 is 22.7 Å². The van der Waals surface area contributed by atoms with Crippen LogP contribution in [-0.2, 0) is 15.6 Å². The topological polar surface area (TPSA) is 107 Å². The highest BCUT2D eigenvalue weighted by Gasteiger charge is 2.22. The Bertz CT molecular complexity index is 1100. The number of rotatable bonds is 7. The van der Waals surface area contributed by atoms with Gasteiger partial charge in [-0.2, -0.15) is 9.36 Å². The molecule has 1 aromatic heterocycles. The molecule has 0 atom stereocenters. The number of carbonyl (C=O) groups excluding carboxylic acids is 1. The number of aryl methyl sites for hydroxylation is 1. The summed E-state index contributed by atoms with van der Waals surface area (Å²) < 4.78 is 39.3. The molecule has 1 heterocycles. The van der Waals surface area contributed by atoms with Crippen molar-refractivity contribution in [1.29, 1.82) is 0 Å². The average molecular weight is 434 g/mol. The molecule has 0 fully saturated rings. The van der Waals surface area contributed by atoms with Gasteiger partial charge in [0.15, 0.2) is 0 Å². The van der Waals surface area contributed by atoms with Gasteiger partial charge >= 0.3 is 0 Å². The number of carbonyl (C=O) groups is 1. The summed E-state index contributed by atoms with van der Waals surface area (Å²) in [5.74, 6) is 0.201.